The van der Waals surface area contributed by atoms with Gasteiger partial charge in [0.2, 0.25) is 5.91 Å². The fourth-order valence-electron chi connectivity index (χ4n) is 2.33. The molecule has 1 atom stereocenters. The summed E-state index contributed by atoms with van der Waals surface area (Å²) >= 11 is 0. The van der Waals surface area contributed by atoms with Crippen molar-refractivity contribution in [1.82, 2.24) is 0 Å². The number of carbonyl (C=O) groups excluding carboxylic acids is 1. The molecule has 0 heterocycles. The maximum atomic E-state index is 14.1. The molecule has 0 radical (unpaired) electrons. The fourth-order valence-corrected chi connectivity index (χ4v) is 2.33. The summed E-state index contributed by atoms with van der Waals surface area (Å²) in [6.45, 7) is 1.71. The van der Waals surface area contributed by atoms with Gasteiger partial charge in [0.25, 0.3) is 0 Å². The Morgan fingerprint density at radius 2 is 1.90 bits per heavy atom. The molecule has 21 heavy (non-hydrogen) atoms. The summed E-state index contributed by atoms with van der Waals surface area (Å²) in [6, 6.07) is 11.5. The predicted octanol–water partition coefficient (Wildman–Crippen LogP) is 3.17. The third kappa shape index (κ3) is 2.86. The Labute approximate surface area is 121 Å². The number of nitrogens with one attached hydrogen (secondary N) is 1. The lowest BCUT2D eigenvalue weighted by Crippen LogP contribution is -2.48. The smallest absolute Gasteiger partial charge is 0.247 e. The van der Waals surface area contributed by atoms with Gasteiger partial charge in [-0.2, -0.15) is 0 Å². The first-order chi connectivity index (χ1) is 9.99. The Bertz CT molecular complexity index is 660. The van der Waals surface area contributed by atoms with Gasteiger partial charge in [-0.25, -0.2) is 8.78 Å². The number of nitrogens with two attached hydrogens (primary N) is 1. The van der Waals surface area contributed by atoms with Crippen LogP contribution in [0.2, 0.25) is 0 Å². The lowest BCUT2D eigenvalue weighted by molar-refractivity contribution is -0.122. The van der Waals surface area contributed by atoms with Crippen LogP contribution >= 0.6 is 0 Å². The second kappa shape index (κ2) is 5.91. The molecule has 2 aromatic carbocycles. The highest BCUT2D eigenvalue weighted by Gasteiger charge is 2.39. The van der Waals surface area contributed by atoms with Crippen LogP contribution in [0.25, 0.3) is 0 Å². The Morgan fingerprint density at radius 3 is 2.48 bits per heavy atom. The molecule has 1 amide bonds. The van der Waals surface area contributed by atoms with E-state index in [2.05, 4.69) is 5.32 Å². The largest absolute Gasteiger partial charge is 0.367 e. The number of benzene rings is 2. The monoisotopic (exact) mass is 290 g/mol. The van der Waals surface area contributed by atoms with Crippen molar-refractivity contribution < 1.29 is 13.6 Å². The molecule has 5 heteroatoms. The van der Waals surface area contributed by atoms with Gasteiger partial charge in [0.1, 0.15) is 17.2 Å². The summed E-state index contributed by atoms with van der Waals surface area (Å²) in [7, 11) is 0. The van der Waals surface area contributed by atoms with Crippen LogP contribution in [0, 0.1) is 11.6 Å². The van der Waals surface area contributed by atoms with E-state index in [9.17, 15) is 13.6 Å². The van der Waals surface area contributed by atoms with Gasteiger partial charge < -0.3 is 11.1 Å². The number of hydrogen-bond donors (Lipinski definition) is 2. The zero-order valence-corrected chi connectivity index (χ0v) is 11.6. The van der Waals surface area contributed by atoms with Crippen molar-refractivity contribution in [3.05, 3.63) is 65.7 Å². The molecule has 0 aromatic heterocycles. The van der Waals surface area contributed by atoms with Gasteiger partial charge in [0.05, 0.1) is 0 Å². The molecule has 0 saturated carbocycles. The number of anilines is 1. The molecular formula is C16H16F2N2O. The first kappa shape index (κ1) is 15.0. The fraction of sp³-hybridized carbons (Fsp3) is 0.188. The van der Waals surface area contributed by atoms with Crippen molar-refractivity contribution >= 4 is 11.6 Å². The summed E-state index contributed by atoms with van der Waals surface area (Å²) in [4.78, 5) is 12.0. The highest BCUT2D eigenvalue weighted by Crippen LogP contribution is 2.31. The number of primary amides is 1. The Morgan fingerprint density at radius 1 is 1.19 bits per heavy atom. The molecule has 3 N–H and O–H groups in total. The SMILES string of the molecule is CCC(Nc1cccc(F)c1)(C(N)=O)c1ccccc1F. The molecule has 0 aliphatic rings. The summed E-state index contributed by atoms with van der Waals surface area (Å²) in [5.74, 6) is -1.72. The van der Waals surface area contributed by atoms with Crippen LogP contribution in [0.3, 0.4) is 0 Å². The van der Waals surface area contributed by atoms with Crippen molar-refractivity contribution in [1.29, 1.82) is 0 Å². The van der Waals surface area contributed by atoms with E-state index in [-0.39, 0.29) is 12.0 Å². The van der Waals surface area contributed by atoms with E-state index in [1.165, 1.54) is 36.4 Å². The van der Waals surface area contributed by atoms with Gasteiger partial charge in [-0.05, 0) is 30.7 Å². The maximum Gasteiger partial charge on any atom is 0.247 e. The first-order valence-corrected chi connectivity index (χ1v) is 6.58. The van der Waals surface area contributed by atoms with E-state index in [4.69, 9.17) is 5.73 Å². The van der Waals surface area contributed by atoms with Crippen molar-refractivity contribution in [2.24, 2.45) is 5.73 Å². The van der Waals surface area contributed by atoms with E-state index < -0.39 is 23.1 Å². The number of hydrogen-bond acceptors (Lipinski definition) is 2. The zero-order valence-electron chi connectivity index (χ0n) is 11.6. The van der Waals surface area contributed by atoms with Gasteiger partial charge in [-0.15, -0.1) is 0 Å². The van der Waals surface area contributed by atoms with Crippen molar-refractivity contribution in [3.8, 4) is 0 Å². The van der Waals surface area contributed by atoms with Gasteiger partial charge in [0, 0.05) is 11.3 Å². The van der Waals surface area contributed by atoms with Crippen LogP contribution in [-0.2, 0) is 10.3 Å². The van der Waals surface area contributed by atoms with Crippen molar-refractivity contribution in [3.63, 3.8) is 0 Å². The summed E-state index contributed by atoms with van der Waals surface area (Å²) in [5, 5.41) is 2.89. The molecule has 0 fully saturated rings. The molecule has 0 bridgehead atoms. The van der Waals surface area contributed by atoms with Gasteiger partial charge in [-0.1, -0.05) is 31.2 Å². The number of rotatable bonds is 5. The summed E-state index contributed by atoms with van der Waals surface area (Å²) in [5.41, 5.74) is 4.58. The highest BCUT2D eigenvalue weighted by atomic mass is 19.1. The average Bonchev–Trinajstić information content (AvgIpc) is 2.45. The molecule has 2 rings (SSSR count). The van der Waals surface area contributed by atoms with Crippen LogP contribution in [0.1, 0.15) is 18.9 Å². The summed E-state index contributed by atoms with van der Waals surface area (Å²) < 4.78 is 27.4. The van der Waals surface area contributed by atoms with E-state index >= 15 is 0 Å². The molecule has 2 aromatic rings. The second-order valence-corrected chi connectivity index (χ2v) is 4.74. The van der Waals surface area contributed by atoms with Crippen LogP contribution in [0.5, 0.6) is 0 Å². The van der Waals surface area contributed by atoms with Gasteiger partial charge in [0.15, 0.2) is 0 Å². The normalized spacial score (nSPS) is 13.5. The van der Waals surface area contributed by atoms with E-state index in [1.807, 2.05) is 0 Å². The minimum atomic E-state index is -1.43. The minimum absolute atomic E-state index is 0.143. The van der Waals surface area contributed by atoms with E-state index in [1.54, 1.807) is 19.1 Å². The zero-order chi connectivity index (χ0) is 15.5. The highest BCUT2D eigenvalue weighted by molar-refractivity contribution is 5.89. The van der Waals surface area contributed by atoms with E-state index in [0.29, 0.717) is 5.69 Å². The maximum absolute atomic E-state index is 14.1. The number of carbonyl (C=O) groups is 1. The average molecular weight is 290 g/mol. The minimum Gasteiger partial charge on any atom is -0.367 e. The third-order valence-corrected chi connectivity index (χ3v) is 3.47. The van der Waals surface area contributed by atoms with Crippen LogP contribution < -0.4 is 11.1 Å². The number of halogens is 2. The molecule has 110 valence electrons. The van der Waals surface area contributed by atoms with Crippen molar-refractivity contribution in [2.75, 3.05) is 5.32 Å². The molecule has 0 aliphatic heterocycles. The Kier molecular flexibility index (Phi) is 4.21. The standard InChI is InChI=1S/C16H16F2N2O/c1-2-16(15(19)21,13-8-3-4-9-14(13)18)20-12-7-5-6-11(17)10-12/h3-10,20H,2H2,1H3,(H2,19,21). The predicted molar refractivity (Wildman–Crippen MR) is 77.6 cm³/mol. The van der Waals surface area contributed by atoms with Crippen LogP contribution in [0.4, 0.5) is 14.5 Å². The molecular weight excluding hydrogens is 274 g/mol. The molecule has 0 aliphatic carbocycles. The quantitative estimate of drug-likeness (QED) is 0.888. The third-order valence-electron chi connectivity index (χ3n) is 3.47. The van der Waals surface area contributed by atoms with Gasteiger partial charge in [-0.3, -0.25) is 4.79 Å². The molecule has 0 saturated heterocycles. The van der Waals surface area contributed by atoms with E-state index in [0.717, 1.165) is 0 Å². The lowest BCUT2D eigenvalue weighted by Gasteiger charge is -2.32. The molecule has 3 nitrogen and oxygen atoms in total. The van der Waals surface area contributed by atoms with Crippen molar-refractivity contribution in [2.45, 2.75) is 18.9 Å². The van der Waals surface area contributed by atoms with Gasteiger partial charge >= 0.3 is 0 Å². The topological polar surface area (TPSA) is 55.1 Å². The Balaban J connectivity index is 2.53. The Hall–Kier alpha value is -2.43. The summed E-state index contributed by atoms with van der Waals surface area (Å²) in [6.07, 6.45) is 0.222. The second-order valence-electron chi connectivity index (χ2n) is 4.74. The first-order valence-electron chi connectivity index (χ1n) is 6.58. The van der Waals surface area contributed by atoms with Crippen LogP contribution in [0.15, 0.2) is 48.5 Å². The number of amides is 1. The lowest BCUT2D eigenvalue weighted by atomic mass is 9.85. The molecule has 1 unspecified atom stereocenters. The van der Waals surface area contributed by atoms with Crippen LogP contribution in [-0.4, -0.2) is 5.91 Å². The molecule has 0 spiro atoms.